The first kappa shape index (κ1) is 18.9. The lowest BCUT2D eigenvalue weighted by atomic mass is 10.0. The predicted molar refractivity (Wildman–Crippen MR) is 93.9 cm³/mol. The van der Waals surface area contributed by atoms with Crippen LogP contribution in [0.3, 0.4) is 0 Å². The van der Waals surface area contributed by atoms with Gasteiger partial charge in [-0.1, -0.05) is 0 Å². The summed E-state index contributed by atoms with van der Waals surface area (Å²) in [6.45, 7) is 4.11. The number of amides is 1. The van der Waals surface area contributed by atoms with Crippen molar-refractivity contribution in [3.05, 3.63) is 22.1 Å². The molecule has 0 saturated carbocycles. The zero-order chi connectivity index (χ0) is 19.1. The van der Waals surface area contributed by atoms with E-state index in [2.05, 4.69) is 15.6 Å². The van der Waals surface area contributed by atoms with Gasteiger partial charge in [0.2, 0.25) is 5.88 Å². The minimum Gasteiger partial charge on any atom is -0.474 e. The summed E-state index contributed by atoms with van der Waals surface area (Å²) in [5.74, 6) is -0.519. The molecule has 26 heavy (non-hydrogen) atoms. The number of thiophene rings is 1. The highest BCUT2D eigenvalue weighted by molar-refractivity contribution is 7.17. The van der Waals surface area contributed by atoms with E-state index in [9.17, 15) is 18.0 Å². The quantitative estimate of drug-likeness (QED) is 0.846. The molecule has 0 aliphatic carbocycles. The summed E-state index contributed by atoms with van der Waals surface area (Å²) in [6.07, 6.45) is -3.39. The highest BCUT2D eigenvalue weighted by atomic mass is 32.1. The van der Waals surface area contributed by atoms with E-state index in [4.69, 9.17) is 4.74 Å². The molecule has 2 aromatic heterocycles. The number of alkyl halides is 3. The van der Waals surface area contributed by atoms with Crippen LogP contribution in [0.25, 0.3) is 10.2 Å². The lowest BCUT2D eigenvalue weighted by Crippen LogP contribution is -2.40. The lowest BCUT2D eigenvalue weighted by Gasteiger charge is -2.29. The van der Waals surface area contributed by atoms with Gasteiger partial charge in [-0.3, -0.25) is 4.79 Å². The number of halogens is 3. The summed E-state index contributed by atoms with van der Waals surface area (Å²) in [5, 5.41) is 7.11. The summed E-state index contributed by atoms with van der Waals surface area (Å²) in [7, 11) is 1.43. The van der Waals surface area contributed by atoms with Crippen LogP contribution >= 0.6 is 11.3 Å². The van der Waals surface area contributed by atoms with Crippen molar-refractivity contribution in [3.8, 4) is 5.88 Å². The number of aromatic nitrogens is 1. The van der Waals surface area contributed by atoms with Crippen molar-refractivity contribution < 1.29 is 22.7 Å². The van der Waals surface area contributed by atoms with Gasteiger partial charge in [0, 0.05) is 24.0 Å². The minimum atomic E-state index is -4.56. The van der Waals surface area contributed by atoms with Crippen molar-refractivity contribution in [1.82, 2.24) is 15.6 Å². The van der Waals surface area contributed by atoms with Gasteiger partial charge in [-0.15, -0.1) is 11.3 Å². The van der Waals surface area contributed by atoms with Crippen LogP contribution in [0.1, 0.15) is 41.3 Å². The Kier molecular flexibility index (Phi) is 5.12. The SMILES string of the molecule is CNC(=O)c1csc2c(C(F)(F)F)c(C)c(OC3CCNC(C)C3)nc12. The Morgan fingerprint density at radius 2 is 2.19 bits per heavy atom. The van der Waals surface area contributed by atoms with Gasteiger partial charge >= 0.3 is 6.18 Å². The lowest BCUT2D eigenvalue weighted by molar-refractivity contribution is -0.136. The molecule has 3 rings (SSSR count). The Morgan fingerprint density at radius 1 is 1.46 bits per heavy atom. The Bertz CT molecular complexity index is 835. The maximum Gasteiger partial charge on any atom is 0.418 e. The molecule has 2 N–H and O–H groups in total. The molecule has 9 heteroatoms. The predicted octanol–water partition coefficient (Wildman–Crippen LogP) is 3.50. The second kappa shape index (κ2) is 7.03. The molecule has 0 spiro atoms. The second-order valence-electron chi connectivity index (χ2n) is 6.44. The number of nitrogens with zero attached hydrogens (tertiary/aromatic N) is 1. The maximum absolute atomic E-state index is 13.7. The van der Waals surface area contributed by atoms with E-state index < -0.39 is 17.6 Å². The number of piperidine rings is 1. The Labute approximate surface area is 152 Å². The number of pyridine rings is 1. The first-order valence-corrected chi connectivity index (χ1v) is 9.21. The van der Waals surface area contributed by atoms with Gasteiger partial charge in [0.05, 0.1) is 21.3 Å². The Morgan fingerprint density at radius 3 is 2.81 bits per heavy atom. The largest absolute Gasteiger partial charge is 0.474 e. The molecule has 5 nitrogen and oxygen atoms in total. The molecule has 142 valence electrons. The van der Waals surface area contributed by atoms with E-state index in [1.807, 2.05) is 6.92 Å². The monoisotopic (exact) mass is 387 g/mol. The van der Waals surface area contributed by atoms with Gasteiger partial charge in [-0.25, -0.2) is 4.98 Å². The molecule has 0 bridgehead atoms. The molecular formula is C17H20F3N3O2S. The van der Waals surface area contributed by atoms with Gasteiger partial charge in [0.15, 0.2) is 0 Å². The van der Waals surface area contributed by atoms with Crippen LogP contribution in [-0.2, 0) is 6.18 Å². The summed E-state index contributed by atoms with van der Waals surface area (Å²) in [4.78, 5) is 16.3. The van der Waals surface area contributed by atoms with Gasteiger partial charge in [-0.2, -0.15) is 13.2 Å². The van der Waals surface area contributed by atoms with Crippen LogP contribution in [0.15, 0.2) is 5.38 Å². The first-order chi connectivity index (χ1) is 12.2. The smallest absolute Gasteiger partial charge is 0.418 e. The van der Waals surface area contributed by atoms with E-state index in [0.717, 1.165) is 17.9 Å². The molecule has 2 unspecified atom stereocenters. The number of rotatable bonds is 3. The summed E-state index contributed by atoms with van der Waals surface area (Å²) in [6, 6.07) is 0.224. The summed E-state index contributed by atoms with van der Waals surface area (Å²) >= 11 is 0.872. The zero-order valence-corrected chi connectivity index (χ0v) is 15.5. The Hall–Kier alpha value is -1.87. The third-order valence-corrected chi connectivity index (χ3v) is 5.50. The highest BCUT2D eigenvalue weighted by Crippen LogP contribution is 2.43. The minimum absolute atomic E-state index is 0.0317. The maximum atomic E-state index is 13.7. The molecule has 1 aliphatic heterocycles. The number of hydrogen-bond donors (Lipinski definition) is 2. The zero-order valence-electron chi connectivity index (χ0n) is 14.7. The summed E-state index contributed by atoms with van der Waals surface area (Å²) in [5.41, 5.74) is -0.660. The van der Waals surface area contributed by atoms with Gasteiger partial charge in [0.1, 0.15) is 6.10 Å². The van der Waals surface area contributed by atoms with E-state index in [1.54, 1.807) is 0 Å². The average molecular weight is 387 g/mol. The fourth-order valence-electron chi connectivity index (χ4n) is 3.21. The van der Waals surface area contributed by atoms with E-state index in [-0.39, 0.29) is 39.4 Å². The second-order valence-corrected chi connectivity index (χ2v) is 7.32. The van der Waals surface area contributed by atoms with Gasteiger partial charge in [-0.05, 0) is 33.2 Å². The fraction of sp³-hybridized carbons (Fsp3) is 0.529. The van der Waals surface area contributed by atoms with Crippen molar-refractivity contribution >= 4 is 27.5 Å². The topological polar surface area (TPSA) is 63.2 Å². The van der Waals surface area contributed by atoms with Crippen LogP contribution in [0.4, 0.5) is 13.2 Å². The van der Waals surface area contributed by atoms with Crippen molar-refractivity contribution in [3.63, 3.8) is 0 Å². The number of carbonyl (C=O) groups is 1. The fourth-order valence-corrected chi connectivity index (χ4v) is 4.31. The number of hydrogen-bond acceptors (Lipinski definition) is 5. The molecule has 1 fully saturated rings. The molecule has 3 heterocycles. The van der Waals surface area contributed by atoms with Crippen LogP contribution in [0.2, 0.25) is 0 Å². The van der Waals surface area contributed by atoms with Gasteiger partial charge < -0.3 is 15.4 Å². The van der Waals surface area contributed by atoms with Crippen LogP contribution in [0, 0.1) is 6.92 Å². The molecular weight excluding hydrogens is 367 g/mol. The molecule has 0 radical (unpaired) electrons. The van der Waals surface area contributed by atoms with Crippen LogP contribution in [0.5, 0.6) is 5.88 Å². The highest BCUT2D eigenvalue weighted by Gasteiger charge is 2.38. The molecule has 1 amide bonds. The molecule has 0 aromatic carbocycles. The Balaban J connectivity index is 2.12. The standard InChI is InChI=1S/C17H20F3N3O2S/c1-8-6-10(4-5-22-8)25-16-9(2)12(17(18,19)20)14-13(23-16)11(7-26-14)15(24)21-3/h7-8,10,22H,4-6H2,1-3H3,(H,21,24). The molecule has 2 aromatic rings. The van der Waals surface area contributed by atoms with Crippen LogP contribution < -0.4 is 15.4 Å². The van der Waals surface area contributed by atoms with E-state index >= 15 is 0 Å². The number of carbonyl (C=O) groups excluding carboxylic acids is 1. The third-order valence-electron chi connectivity index (χ3n) is 4.51. The van der Waals surface area contributed by atoms with Crippen molar-refractivity contribution in [1.29, 1.82) is 0 Å². The van der Waals surface area contributed by atoms with Crippen molar-refractivity contribution in [2.45, 2.75) is 45.0 Å². The number of nitrogens with one attached hydrogen (secondary N) is 2. The van der Waals surface area contributed by atoms with E-state index in [0.29, 0.717) is 12.8 Å². The average Bonchev–Trinajstić information content (AvgIpc) is 2.96. The number of fused-ring (bicyclic) bond motifs is 1. The first-order valence-electron chi connectivity index (χ1n) is 8.33. The third kappa shape index (κ3) is 3.50. The molecule has 1 aliphatic rings. The van der Waals surface area contributed by atoms with Crippen molar-refractivity contribution in [2.24, 2.45) is 0 Å². The van der Waals surface area contributed by atoms with E-state index in [1.165, 1.54) is 19.4 Å². The number of ether oxygens (including phenoxy) is 1. The summed E-state index contributed by atoms with van der Waals surface area (Å²) < 4.78 is 46.9. The van der Waals surface area contributed by atoms with Crippen LogP contribution in [-0.4, -0.2) is 36.6 Å². The molecule has 1 saturated heterocycles. The molecule has 2 atom stereocenters. The van der Waals surface area contributed by atoms with Crippen molar-refractivity contribution in [2.75, 3.05) is 13.6 Å². The normalized spacial score (nSPS) is 21.0. The van der Waals surface area contributed by atoms with Gasteiger partial charge in [0.25, 0.3) is 5.91 Å².